The Morgan fingerprint density at radius 3 is 2.50 bits per heavy atom. The lowest BCUT2D eigenvalue weighted by molar-refractivity contribution is 0.0965. The number of urea groups is 1. The summed E-state index contributed by atoms with van der Waals surface area (Å²) < 4.78 is 0. The molecule has 0 saturated heterocycles. The number of carbonyl (C=O) groups is 2. The van der Waals surface area contributed by atoms with Crippen LogP contribution in [0.1, 0.15) is 15.9 Å². The highest BCUT2D eigenvalue weighted by Gasteiger charge is 2.19. The minimum absolute atomic E-state index is 0.0743. The quantitative estimate of drug-likeness (QED) is 0.855. The first-order valence-corrected chi connectivity index (χ1v) is 7.05. The van der Waals surface area contributed by atoms with Crippen LogP contribution >= 0.6 is 11.6 Å². The second-order valence-electron chi connectivity index (χ2n) is 4.67. The third-order valence-electron chi connectivity index (χ3n) is 3.15. The maximum absolute atomic E-state index is 12.3. The van der Waals surface area contributed by atoms with Crippen molar-refractivity contribution in [3.63, 3.8) is 0 Å². The van der Waals surface area contributed by atoms with Gasteiger partial charge in [-0.05, 0) is 36.8 Å². The third kappa shape index (κ3) is 3.63. The predicted molar refractivity (Wildman–Crippen MR) is 87.0 cm³/mol. The fourth-order valence-corrected chi connectivity index (χ4v) is 2.16. The molecule has 2 aromatic carbocycles. The van der Waals surface area contributed by atoms with Crippen LogP contribution in [0.15, 0.2) is 48.5 Å². The fourth-order valence-electron chi connectivity index (χ4n) is 1.99. The Morgan fingerprint density at radius 2 is 1.86 bits per heavy atom. The van der Waals surface area contributed by atoms with Crippen LogP contribution in [-0.2, 0) is 0 Å². The summed E-state index contributed by atoms with van der Waals surface area (Å²) in [5.74, 6) is -0.483. The second-order valence-corrected chi connectivity index (χ2v) is 5.10. The average molecular weight is 318 g/mol. The van der Waals surface area contributed by atoms with Crippen LogP contribution in [0.2, 0.25) is 5.02 Å². The van der Waals surface area contributed by atoms with E-state index in [1.165, 1.54) is 4.90 Å². The maximum atomic E-state index is 12.3. The first kappa shape index (κ1) is 16.0. The number of nitrogens with one attached hydrogen (secondary N) is 1. The van der Waals surface area contributed by atoms with Crippen molar-refractivity contribution < 1.29 is 9.59 Å². The fraction of sp³-hybridized carbons (Fsp3) is 0.125. The number of imide groups is 1. The molecule has 3 amide bonds. The number of amides is 3. The lowest BCUT2D eigenvalue weighted by Crippen LogP contribution is -2.46. The lowest BCUT2D eigenvalue weighted by atomic mass is 10.2. The van der Waals surface area contributed by atoms with E-state index in [9.17, 15) is 9.59 Å². The summed E-state index contributed by atoms with van der Waals surface area (Å²) in [7, 11) is 0. The van der Waals surface area contributed by atoms with Crippen molar-refractivity contribution in [1.82, 2.24) is 5.32 Å². The zero-order chi connectivity index (χ0) is 16.1. The summed E-state index contributed by atoms with van der Waals surface area (Å²) in [5, 5.41) is 2.80. The van der Waals surface area contributed by atoms with Crippen LogP contribution in [-0.4, -0.2) is 18.6 Å². The van der Waals surface area contributed by atoms with Crippen molar-refractivity contribution in [1.29, 1.82) is 0 Å². The zero-order valence-corrected chi connectivity index (χ0v) is 12.8. The van der Waals surface area contributed by atoms with Crippen LogP contribution < -0.4 is 16.0 Å². The highest BCUT2D eigenvalue weighted by molar-refractivity contribution is 6.31. The Labute approximate surface area is 133 Å². The molecule has 22 heavy (non-hydrogen) atoms. The van der Waals surface area contributed by atoms with Gasteiger partial charge in [-0.15, -0.1) is 0 Å². The number of rotatable bonds is 3. The predicted octanol–water partition coefficient (Wildman–Crippen LogP) is 2.92. The molecule has 0 saturated carbocycles. The minimum atomic E-state index is -0.596. The van der Waals surface area contributed by atoms with E-state index in [2.05, 4.69) is 5.32 Å². The molecule has 0 spiro atoms. The number of nitrogens with zero attached hydrogens (tertiary/aromatic N) is 1. The molecule has 0 fully saturated rings. The van der Waals surface area contributed by atoms with Gasteiger partial charge in [0.15, 0.2) is 0 Å². The van der Waals surface area contributed by atoms with Crippen molar-refractivity contribution in [2.45, 2.75) is 6.92 Å². The van der Waals surface area contributed by atoms with Crippen LogP contribution in [0.5, 0.6) is 0 Å². The highest BCUT2D eigenvalue weighted by Crippen LogP contribution is 2.23. The van der Waals surface area contributed by atoms with Crippen LogP contribution in [0.25, 0.3) is 0 Å². The van der Waals surface area contributed by atoms with E-state index in [0.717, 1.165) is 5.56 Å². The van der Waals surface area contributed by atoms with Gasteiger partial charge in [0.2, 0.25) is 0 Å². The second kappa shape index (κ2) is 7.06. The molecular formula is C16H16ClN3O2. The van der Waals surface area contributed by atoms with E-state index in [1.807, 2.05) is 6.92 Å². The van der Waals surface area contributed by atoms with E-state index in [1.54, 1.807) is 48.5 Å². The molecular weight excluding hydrogens is 302 g/mol. The van der Waals surface area contributed by atoms with Gasteiger partial charge in [-0.3, -0.25) is 15.0 Å². The molecule has 0 aliphatic carbocycles. The van der Waals surface area contributed by atoms with Gasteiger partial charge in [0, 0.05) is 10.6 Å². The van der Waals surface area contributed by atoms with Crippen LogP contribution in [0.3, 0.4) is 0 Å². The van der Waals surface area contributed by atoms with Gasteiger partial charge in [-0.1, -0.05) is 35.9 Å². The Kier molecular flexibility index (Phi) is 5.14. The molecule has 0 unspecified atom stereocenters. The Balaban J connectivity index is 2.19. The first-order chi connectivity index (χ1) is 10.5. The van der Waals surface area contributed by atoms with E-state index in [-0.39, 0.29) is 6.67 Å². The Bertz CT molecular complexity index is 689. The van der Waals surface area contributed by atoms with E-state index in [4.69, 9.17) is 17.3 Å². The maximum Gasteiger partial charge on any atom is 0.329 e. The molecule has 0 bridgehead atoms. The number of hydrogen-bond donors (Lipinski definition) is 2. The van der Waals surface area contributed by atoms with Crippen molar-refractivity contribution in [3.05, 3.63) is 64.7 Å². The van der Waals surface area contributed by atoms with Gasteiger partial charge in [0.1, 0.15) is 0 Å². The van der Waals surface area contributed by atoms with E-state index >= 15 is 0 Å². The smallest absolute Gasteiger partial charge is 0.313 e. The van der Waals surface area contributed by atoms with Crippen molar-refractivity contribution >= 4 is 29.2 Å². The zero-order valence-electron chi connectivity index (χ0n) is 12.0. The molecule has 114 valence electrons. The first-order valence-electron chi connectivity index (χ1n) is 6.67. The molecule has 2 rings (SSSR count). The molecule has 2 aromatic rings. The number of aryl methyl sites for hydroxylation is 1. The summed E-state index contributed by atoms with van der Waals surface area (Å²) in [6.45, 7) is 1.76. The molecule has 0 aromatic heterocycles. The van der Waals surface area contributed by atoms with Gasteiger partial charge in [0.05, 0.1) is 12.4 Å². The number of benzene rings is 2. The van der Waals surface area contributed by atoms with Crippen molar-refractivity contribution in [2.75, 3.05) is 11.6 Å². The number of nitrogens with two attached hydrogens (primary N) is 1. The van der Waals surface area contributed by atoms with Gasteiger partial charge >= 0.3 is 6.03 Å². The molecule has 0 radical (unpaired) electrons. The van der Waals surface area contributed by atoms with Gasteiger partial charge < -0.3 is 5.73 Å². The standard InChI is InChI=1S/C16H16ClN3O2/c1-11-7-8-13(17)9-14(11)20(10-18)16(22)19-15(21)12-5-3-2-4-6-12/h2-9H,10,18H2,1H3,(H,19,21,22). The van der Waals surface area contributed by atoms with Gasteiger partial charge in [-0.2, -0.15) is 0 Å². The van der Waals surface area contributed by atoms with Crippen LogP contribution in [0, 0.1) is 6.92 Å². The average Bonchev–Trinajstić information content (AvgIpc) is 2.52. The third-order valence-corrected chi connectivity index (χ3v) is 3.38. The highest BCUT2D eigenvalue weighted by atomic mass is 35.5. The SMILES string of the molecule is Cc1ccc(Cl)cc1N(CN)C(=O)NC(=O)c1ccccc1. The molecule has 5 nitrogen and oxygen atoms in total. The number of anilines is 1. The van der Waals surface area contributed by atoms with E-state index < -0.39 is 11.9 Å². The van der Waals surface area contributed by atoms with Gasteiger partial charge in [0.25, 0.3) is 5.91 Å². The molecule has 0 atom stereocenters. The van der Waals surface area contributed by atoms with Crippen molar-refractivity contribution in [2.24, 2.45) is 5.73 Å². The number of carbonyl (C=O) groups excluding carboxylic acids is 2. The molecule has 0 aliphatic rings. The Morgan fingerprint density at radius 1 is 1.18 bits per heavy atom. The molecule has 3 N–H and O–H groups in total. The molecule has 0 aliphatic heterocycles. The summed E-state index contributed by atoms with van der Waals surface area (Å²) in [6, 6.07) is 13.0. The number of hydrogen-bond acceptors (Lipinski definition) is 3. The summed E-state index contributed by atoms with van der Waals surface area (Å²) in [4.78, 5) is 25.6. The summed E-state index contributed by atoms with van der Waals surface area (Å²) >= 11 is 5.96. The van der Waals surface area contributed by atoms with E-state index in [0.29, 0.717) is 16.3 Å². The normalized spacial score (nSPS) is 10.1. The molecule has 0 heterocycles. The van der Waals surface area contributed by atoms with Crippen molar-refractivity contribution in [3.8, 4) is 0 Å². The largest absolute Gasteiger partial charge is 0.329 e. The summed E-state index contributed by atoms with van der Waals surface area (Å²) in [6.07, 6.45) is 0. The van der Waals surface area contributed by atoms with Crippen LogP contribution in [0.4, 0.5) is 10.5 Å². The topological polar surface area (TPSA) is 75.4 Å². The Hall–Kier alpha value is -2.37. The number of halogens is 1. The summed E-state index contributed by atoms with van der Waals surface area (Å²) in [5.41, 5.74) is 7.44. The lowest BCUT2D eigenvalue weighted by Gasteiger charge is -2.22. The van der Waals surface area contributed by atoms with Gasteiger partial charge in [-0.25, -0.2) is 4.79 Å². The molecule has 6 heteroatoms. The monoisotopic (exact) mass is 317 g/mol. The minimum Gasteiger partial charge on any atom is -0.313 e.